The van der Waals surface area contributed by atoms with Crippen LogP contribution in [0.25, 0.3) is 0 Å². The van der Waals surface area contributed by atoms with Crippen molar-refractivity contribution in [2.24, 2.45) is 5.92 Å². The average molecular weight is 391 g/mol. The molecule has 1 saturated heterocycles. The average Bonchev–Trinajstić information content (AvgIpc) is 2.63. The van der Waals surface area contributed by atoms with E-state index in [1.54, 1.807) is 43.0 Å². The maximum absolute atomic E-state index is 12.4. The first-order valence-electron chi connectivity index (χ1n) is 9.48. The Balaban J connectivity index is 1.86. The minimum atomic E-state index is -0.862. The summed E-state index contributed by atoms with van der Waals surface area (Å²) < 4.78 is 10.8. The van der Waals surface area contributed by atoms with Gasteiger partial charge in [-0.3, -0.25) is 4.79 Å². The Morgan fingerprint density at radius 2 is 1.75 bits per heavy atom. The lowest BCUT2D eigenvalue weighted by molar-refractivity contribution is -0.158. The number of hydrogen-bond acceptors (Lipinski definition) is 5. The summed E-state index contributed by atoms with van der Waals surface area (Å²) in [6, 6.07) is 7.54. The van der Waals surface area contributed by atoms with Crippen LogP contribution in [0.4, 0.5) is 10.5 Å². The smallest absolute Gasteiger partial charge is 0.329 e. The number of rotatable bonds is 6. The number of ether oxygens (including phenoxy) is 2. The molecule has 1 heterocycles. The van der Waals surface area contributed by atoms with Gasteiger partial charge in [-0.05, 0) is 31.9 Å². The van der Waals surface area contributed by atoms with Crippen molar-refractivity contribution >= 4 is 23.6 Å². The van der Waals surface area contributed by atoms with Crippen LogP contribution in [0.3, 0.4) is 0 Å². The summed E-state index contributed by atoms with van der Waals surface area (Å²) in [6.07, 6.45) is -0.120. The highest BCUT2D eigenvalue weighted by molar-refractivity contribution is 5.93. The predicted octanol–water partition coefficient (Wildman–Crippen LogP) is 2.01. The molecule has 0 radical (unpaired) electrons. The number of carbonyl (C=O) groups is 3. The van der Waals surface area contributed by atoms with Crippen LogP contribution in [0.2, 0.25) is 0 Å². The van der Waals surface area contributed by atoms with Gasteiger partial charge in [-0.25, -0.2) is 9.59 Å². The van der Waals surface area contributed by atoms with Crippen LogP contribution in [-0.2, 0) is 19.1 Å². The monoisotopic (exact) mass is 391 g/mol. The fraction of sp³-hybridized carbons (Fsp3) is 0.550. The van der Waals surface area contributed by atoms with E-state index in [0.717, 1.165) is 0 Å². The normalized spacial score (nSPS) is 20.4. The van der Waals surface area contributed by atoms with Crippen molar-refractivity contribution in [3.63, 3.8) is 0 Å². The zero-order valence-corrected chi connectivity index (χ0v) is 16.8. The maximum Gasteiger partial charge on any atom is 0.329 e. The van der Waals surface area contributed by atoms with Gasteiger partial charge in [-0.1, -0.05) is 32.0 Å². The molecule has 0 spiro atoms. The van der Waals surface area contributed by atoms with E-state index in [2.05, 4.69) is 10.6 Å². The number of amides is 3. The molecule has 0 aromatic heterocycles. The molecule has 3 amide bonds. The Labute approximate surface area is 165 Å². The van der Waals surface area contributed by atoms with Gasteiger partial charge in [-0.2, -0.15) is 0 Å². The zero-order chi connectivity index (χ0) is 20.7. The molecule has 1 fully saturated rings. The van der Waals surface area contributed by atoms with Crippen LogP contribution in [0.15, 0.2) is 30.3 Å². The first-order valence-corrected chi connectivity index (χ1v) is 9.48. The van der Waals surface area contributed by atoms with E-state index in [4.69, 9.17) is 9.47 Å². The van der Waals surface area contributed by atoms with Gasteiger partial charge in [0.1, 0.15) is 6.04 Å². The SMILES string of the molecule is CC(C)[C@@H](NC(=O)Nc1ccccc1)C(=O)OCC(=O)N1C[C@@H](C)O[C@H](C)C1. The molecule has 3 atom stereocenters. The van der Waals surface area contributed by atoms with Crippen molar-refractivity contribution in [1.29, 1.82) is 0 Å². The van der Waals surface area contributed by atoms with Crippen molar-refractivity contribution in [2.75, 3.05) is 25.0 Å². The maximum atomic E-state index is 12.4. The van der Waals surface area contributed by atoms with Gasteiger partial charge in [0.05, 0.1) is 12.2 Å². The second-order valence-corrected chi connectivity index (χ2v) is 7.35. The molecule has 0 unspecified atom stereocenters. The number of nitrogens with zero attached hydrogens (tertiary/aromatic N) is 1. The molecule has 8 nitrogen and oxygen atoms in total. The lowest BCUT2D eigenvalue weighted by Gasteiger charge is -2.35. The molecule has 154 valence electrons. The van der Waals surface area contributed by atoms with Crippen molar-refractivity contribution < 1.29 is 23.9 Å². The quantitative estimate of drug-likeness (QED) is 0.723. The van der Waals surface area contributed by atoms with E-state index >= 15 is 0 Å². The van der Waals surface area contributed by atoms with E-state index in [9.17, 15) is 14.4 Å². The van der Waals surface area contributed by atoms with Crippen molar-refractivity contribution in [3.05, 3.63) is 30.3 Å². The number of nitrogens with one attached hydrogen (secondary N) is 2. The highest BCUT2D eigenvalue weighted by atomic mass is 16.5. The summed E-state index contributed by atoms with van der Waals surface area (Å²) in [5, 5.41) is 5.27. The largest absolute Gasteiger partial charge is 0.454 e. The van der Waals surface area contributed by atoms with Gasteiger partial charge in [0.2, 0.25) is 0 Å². The molecule has 8 heteroatoms. The summed E-state index contributed by atoms with van der Waals surface area (Å²) in [6.45, 7) is 7.95. The van der Waals surface area contributed by atoms with Crippen molar-refractivity contribution in [2.45, 2.75) is 45.9 Å². The van der Waals surface area contributed by atoms with E-state index in [1.807, 2.05) is 19.9 Å². The Hall–Kier alpha value is -2.61. The Bertz CT molecular complexity index is 670. The van der Waals surface area contributed by atoms with Crippen LogP contribution in [-0.4, -0.2) is 60.8 Å². The molecule has 1 aliphatic heterocycles. The molecule has 28 heavy (non-hydrogen) atoms. The van der Waals surface area contributed by atoms with Crippen LogP contribution in [0, 0.1) is 5.92 Å². The molecule has 0 saturated carbocycles. The number of carbonyl (C=O) groups excluding carboxylic acids is 3. The third-order valence-electron chi connectivity index (χ3n) is 4.35. The summed E-state index contributed by atoms with van der Waals surface area (Å²) in [5.74, 6) is -1.11. The summed E-state index contributed by atoms with van der Waals surface area (Å²) >= 11 is 0. The van der Waals surface area contributed by atoms with Crippen molar-refractivity contribution in [3.8, 4) is 0 Å². The van der Waals surface area contributed by atoms with Gasteiger partial charge in [0, 0.05) is 18.8 Å². The molecule has 0 aliphatic carbocycles. The van der Waals surface area contributed by atoms with Crippen molar-refractivity contribution in [1.82, 2.24) is 10.2 Å². The second-order valence-electron chi connectivity index (χ2n) is 7.35. The molecule has 1 aliphatic rings. The van der Waals surface area contributed by atoms with E-state index in [-0.39, 0.29) is 30.6 Å². The van der Waals surface area contributed by atoms with Crippen LogP contribution < -0.4 is 10.6 Å². The first-order chi connectivity index (χ1) is 13.3. The van der Waals surface area contributed by atoms with Gasteiger partial charge in [-0.15, -0.1) is 0 Å². The summed E-state index contributed by atoms with van der Waals surface area (Å²) in [5.41, 5.74) is 0.613. The standard InChI is InChI=1S/C20H29N3O5/c1-13(2)18(22-20(26)21-16-8-6-5-7-9-16)19(25)27-12-17(24)23-10-14(3)28-15(4)11-23/h5-9,13-15,18H,10-12H2,1-4H3,(H2,21,22,26)/t14-,15-,18-/m1/s1. The Morgan fingerprint density at radius 3 is 2.32 bits per heavy atom. The van der Waals surface area contributed by atoms with Crippen LogP contribution in [0.1, 0.15) is 27.7 Å². The minimum Gasteiger partial charge on any atom is -0.454 e. The van der Waals surface area contributed by atoms with Gasteiger partial charge < -0.3 is 25.0 Å². The first kappa shape index (κ1) is 21.7. The topological polar surface area (TPSA) is 97.0 Å². The third-order valence-corrected chi connectivity index (χ3v) is 4.35. The van der Waals surface area contributed by atoms with E-state index in [1.165, 1.54) is 0 Å². The van der Waals surface area contributed by atoms with E-state index in [0.29, 0.717) is 18.8 Å². The fourth-order valence-electron chi connectivity index (χ4n) is 3.02. The number of urea groups is 1. The number of morpholine rings is 1. The molecular formula is C20H29N3O5. The predicted molar refractivity (Wildman–Crippen MR) is 105 cm³/mol. The van der Waals surface area contributed by atoms with Gasteiger partial charge in [0.15, 0.2) is 6.61 Å². The lowest BCUT2D eigenvalue weighted by Crippen LogP contribution is -2.50. The van der Waals surface area contributed by atoms with E-state index < -0.39 is 18.0 Å². The molecule has 1 aromatic carbocycles. The molecule has 2 rings (SSSR count). The highest BCUT2D eigenvalue weighted by Gasteiger charge is 2.29. The minimum absolute atomic E-state index is 0.0600. The Morgan fingerprint density at radius 1 is 1.14 bits per heavy atom. The lowest BCUT2D eigenvalue weighted by atomic mass is 10.1. The van der Waals surface area contributed by atoms with Crippen LogP contribution >= 0.6 is 0 Å². The number of anilines is 1. The molecule has 2 N–H and O–H groups in total. The number of hydrogen-bond donors (Lipinski definition) is 2. The summed E-state index contributed by atoms with van der Waals surface area (Å²) in [4.78, 5) is 38.6. The number of benzene rings is 1. The second kappa shape index (κ2) is 10.1. The molecule has 1 aromatic rings. The molecule has 0 bridgehead atoms. The summed E-state index contributed by atoms with van der Waals surface area (Å²) in [7, 11) is 0. The van der Waals surface area contributed by atoms with Gasteiger partial charge in [0.25, 0.3) is 5.91 Å². The van der Waals surface area contributed by atoms with Crippen LogP contribution in [0.5, 0.6) is 0 Å². The van der Waals surface area contributed by atoms with Gasteiger partial charge >= 0.3 is 12.0 Å². The number of para-hydroxylation sites is 1. The fourth-order valence-corrected chi connectivity index (χ4v) is 3.02. The Kier molecular flexibility index (Phi) is 7.80. The zero-order valence-electron chi connectivity index (χ0n) is 16.8. The molecular weight excluding hydrogens is 362 g/mol. The third kappa shape index (κ3) is 6.53. The number of esters is 1. The highest BCUT2D eigenvalue weighted by Crippen LogP contribution is 2.12.